The van der Waals surface area contributed by atoms with Gasteiger partial charge in [-0.3, -0.25) is 0 Å². The molecule has 0 amide bonds. The van der Waals surface area contributed by atoms with Crippen LogP contribution in [-0.4, -0.2) is 29.1 Å². The van der Waals surface area contributed by atoms with Gasteiger partial charge in [-0.15, -0.1) is 9.73 Å². The highest BCUT2D eigenvalue weighted by Gasteiger charge is 2.18. The molecule has 0 unspecified atom stereocenters. The van der Waals surface area contributed by atoms with Crippen LogP contribution in [0.25, 0.3) is 5.65 Å². The highest BCUT2D eigenvalue weighted by Crippen LogP contribution is 2.16. The van der Waals surface area contributed by atoms with Gasteiger partial charge in [0.2, 0.25) is 0 Å². The minimum Gasteiger partial charge on any atom is -0.309 e. The maximum absolute atomic E-state index is 4.39. The zero-order valence-corrected chi connectivity index (χ0v) is 9.05. The van der Waals surface area contributed by atoms with E-state index in [1.54, 1.807) is 10.8 Å². The molecule has 0 aliphatic carbocycles. The molecular weight excluding hydrogens is 281 g/mol. The van der Waals surface area contributed by atoms with Crippen LogP contribution in [-0.2, 0) is 13.1 Å². The van der Waals surface area contributed by atoms with E-state index in [1.165, 1.54) is 0 Å². The number of nitrogens with zero attached hydrogens (tertiary/aromatic N) is 5. The van der Waals surface area contributed by atoms with Gasteiger partial charge in [0.05, 0.1) is 12.7 Å². The molecular formula is C7H8IN5. The highest BCUT2D eigenvalue weighted by molar-refractivity contribution is 14.1. The Balaban J connectivity index is 2.22. The van der Waals surface area contributed by atoms with Gasteiger partial charge in [0.25, 0.3) is 0 Å². The van der Waals surface area contributed by atoms with Gasteiger partial charge in [-0.05, 0) is 0 Å². The molecule has 0 radical (unpaired) electrons. The zero-order valence-electron chi connectivity index (χ0n) is 6.89. The largest absolute Gasteiger partial charge is 0.309 e. The van der Waals surface area contributed by atoms with E-state index in [0.29, 0.717) is 0 Å². The Hall–Kier alpha value is -0.630. The summed E-state index contributed by atoms with van der Waals surface area (Å²) in [5, 5.41) is 8.50. The van der Waals surface area contributed by atoms with Crippen molar-refractivity contribution in [3.8, 4) is 0 Å². The molecule has 2 aromatic heterocycles. The number of aromatic nitrogens is 4. The SMILES string of the molecule is IN1CCn2c(nn3nccc23)C1. The molecule has 0 aromatic carbocycles. The minimum atomic E-state index is 0.907. The Morgan fingerprint density at radius 2 is 2.31 bits per heavy atom. The van der Waals surface area contributed by atoms with E-state index in [-0.39, 0.29) is 0 Å². The molecule has 0 bridgehead atoms. The van der Waals surface area contributed by atoms with Crippen molar-refractivity contribution < 1.29 is 0 Å². The van der Waals surface area contributed by atoms with Crippen LogP contribution in [0.15, 0.2) is 12.3 Å². The third-order valence-corrected chi connectivity index (χ3v) is 3.11. The van der Waals surface area contributed by atoms with Crippen LogP contribution < -0.4 is 0 Å². The first-order chi connectivity index (χ1) is 6.34. The molecule has 1 aliphatic heterocycles. The fourth-order valence-corrected chi connectivity index (χ4v) is 2.18. The Morgan fingerprint density at radius 1 is 1.38 bits per heavy atom. The molecule has 2 aromatic rings. The molecule has 1 aliphatic rings. The van der Waals surface area contributed by atoms with Crippen LogP contribution in [0.4, 0.5) is 0 Å². The van der Waals surface area contributed by atoms with Crippen LogP contribution in [0.5, 0.6) is 0 Å². The maximum atomic E-state index is 4.39. The summed E-state index contributed by atoms with van der Waals surface area (Å²) in [6, 6.07) is 2.00. The molecule has 3 heterocycles. The van der Waals surface area contributed by atoms with Gasteiger partial charge in [0.1, 0.15) is 5.82 Å². The molecule has 13 heavy (non-hydrogen) atoms. The molecule has 0 fully saturated rings. The predicted molar refractivity (Wildman–Crippen MR) is 55.4 cm³/mol. The second-order valence-corrected chi connectivity index (χ2v) is 4.46. The molecule has 68 valence electrons. The predicted octanol–water partition coefficient (Wildman–Crippen LogP) is 0.696. The Labute approximate surface area is 88.8 Å². The lowest BCUT2D eigenvalue weighted by molar-refractivity contribution is 0.399. The summed E-state index contributed by atoms with van der Waals surface area (Å²) >= 11 is 2.33. The van der Waals surface area contributed by atoms with E-state index in [2.05, 4.69) is 40.7 Å². The molecule has 0 spiro atoms. The first-order valence-corrected chi connectivity index (χ1v) is 5.11. The van der Waals surface area contributed by atoms with E-state index < -0.39 is 0 Å². The third-order valence-electron chi connectivity index (χ3n) is 2.28. The van der Waals surface area contributed by atoms with Crippen molar-refractivity contribution in [3.63, 3.8) is 0 Å². The van der Waals surface area contributed by atoms with Crippen LogP contribution in [0.2, 0.25) is 0 Å². The van der Waals surface area contributed by atoms with Crippen molar-refractivity contribution in [1.29, 1.82) is 0 Å². The van der Waals surface area contributed by atoms with Crippen molar-refractivity contribution in [2.24, 2.45) is 0 Å². The zero-order chi connectivity index (χ0) is 8.84. The molecule has 5 nitrogen and oxygen atoms in total. The van der Waals surface area contributed by atoms with E-state index in [0.717, 1.165) is 31.1 Å². The van der Waals surface area contributed by atoms with Crippen molar-refractivity contribution in [2.75, 3.05) is 6.54 Å². The van der Waals surface area contributed by atoms with Gasteiger partial charge >= 0.3 is 0 Å². The van der Waals surface area contributed by atoms with E-state index >= 15 is 0 Å². The first-order valence-electron chi connectivity index (χ1n) is 4.15. The molecule has 6 heteroatoms. The fraction of sp³-hybridized carbons (Fsp3) is 0.429. The minimum absolute atomic E-state index is 0.907. The van der Waals surface area contributed by atoms with Crippen LogP contribution in [0.1, 0.15) is 5.82 Å². The van der Waals surface area contributed by atoms with Gasteiger partial charge in [-0.1, -0.05) is 0 Å². The summed E-state index contributed by atoms with van der Waals surface area (Å²) in [5.74, 6) is 1.10. The Bertz CT molecular complexity index is 445. The van der Waals surface area contributed by atoms with Crippen molar-refractivity contribution in [1.82, 2.24) is 22.5 Å². The van der Waals surface area contributed by atoms with Crippen molar-refractivity contribution >= 4 is 28.5 Å². The van der Waals surface area contributed by atoms with Gasteiger partial charge < -0.3 is 4.57 Å². The van der Waals surface area contributed by atoms with Gasteiger partial charge in [0, 0.05) is 42.0 Å². The average molecular weight is 289 g/mol. The number of fused-ring (bicyclic) bond motifs is 3. The molecule has 0 atom stereocenters. The number of halogens is 1. The molecule has 0 N–H and O–H groups in total. The van der Waals surface area contributed by atoms with Crippen LogP contribution in [0, 0.1) is 0 Å². The lowest BCUT2D eigenvalue weighted by Gasteiger charge is -2.20. The van der Waals surface area contributed by atoms with Gasteiger partial charge in [-0.2, -0.15) is 5.10 Å². The third kappa shape index (κ3) is 1.08. The lowest BCUT2D eigenvalue weighted by atomic mass is 10.4. The summed E-state index contributed by atoms with van der Waals surface area (Å²) < 4.78 is 6.16. The van der Waals surface area contributed by atoms with Gasteiger partial charge in [-0.25, -0.2) is 3.11 Å². The van der Waals surface area contributed by atoms with Crippen LogP contribution >= 0.6 is 22.9 Å². The highest BCUT2D eigenvalue weighted by atomic mass is 127. The number of hydrogen-bond donors (Lipinski definition) is 0. The summed E-state index contributed by atoms with van der Waals surface area (Å²) in [6.07, 6.45) is 1.78. The number of hydrogen-bond acceptors (Lipinski definition) is 3. The normalized spacial score (nSPS) is 17.9. The second-order valence-electron chi connectivity index (χ2n) is 3.09. The molecule has 0 saturated carbocycles. The maximum Gasteiger partial charge on any atom is 0.158 e. The Kier molecular flexibility index (Phi) is 1.59. The van der Waals surface area contributed by atoms with Crippen molar-refractivity contribution in [3.05, 3.63) is 18.1 Å². The second kappa shape index (κ2) is 2.68. The van der Waals surface area contributed by atoms with Crippen molar-refractivity contribution in [2.45, 2.75) is 13.1 Å². The average Bonchev–Trinajstić information content (AvgIpc) is 2.62. The topological polar surface area (TPSA) is 38.4 Å². The monoisotopic (exact) mass is 289 g/mol. The first kappa shape index (κ1) is 7.74. The smallest absolute Gasteiger partial charge is 0.158 e. The Morgan fingerprint density at radius 3 is 3.23 bits per heavy atom. The summed E-state index contributed by atoms with van der Waals surface area (Å²) in [5.41, 5.74) is 1.10. The van der Waals surface area contributed by atoms with E-state index in [1.807, 2.05) is 6.07 Å². The summed E-state index contributed by atoms with van der Waals surface area (Å²) in [6.45, 7) is 2.99. The quantitative estimate of drug-likeness (QED) is 0.529. The van der Waals surface area contributed by atoms with Crippen LogP contribution in [0.3, 0.4) is 0 Å². The summed E-state index contributed by atoms with van der Waals surface area (Å²) in [4.78, 5) is 0. The lowest BCUT2D eigenvalue weighted by Crippen LogP contribution is -2.26. The summed E-state index contributed by atoms with van der Waals surface area (Å²) in [7, 11) is 0. The fourth-order valence-electron chi connectivity index (χ4n) is 1.66. The molecule has 3 rings (SSSR count). The van der Waals surface area contributed by atoms with Gasteiger partial charge in [0.15, 0.2) is 5.65 Å². The molecule has 0 saturated heterocycles. The standard InChI is InChI=1S/C7H8IN5/c8-11-3-4-12-6(5-11)10-13-7(12)1-2-9-13/h1-2H,3-5H2. The van der Waals surface area contributed by atoms with E-state index in [4.69, 9.17) is 0 Å². The number of rotatable bonds is 0. The van der Waals surface area contributed by atoms with E-state index in [9.17, 15) is 0 Å².